The van der Waals surface area contributed by atoms with E-state index in [0.29, 0.717) is 10.1 Å². The Hall–Kier alpha value is -2.11. The second-order valence-corrected chi connectivity index (χ2v) is 6.17. The summed E-state index contributed by atoms with van der Waals surface area (Å²) in [5, 5.41) is 3.95. The lowest BCUT2D eigenvalue weighted by Crippen LogP contribution is -2.45. The van der Waals surface area contributed by atoms with Gasteiger partial charge in [-0.15, -0.1) is 0 Å². The fraction of sp³-hybridized carbons (Fsp3) is 0.222. The first-order valence-corrected chi connectivity index (χ1v) is 8.56. The zero-order valence-corrected chi connectivity index (χ0v) is 15.0. The quantitative estimate of drug-likeness (QED) is 0.550. The molecule has 0 aliphatic carbocycles. The second kappa shape index (κ2) is 9.25. The molecule has 0 aromatic heterocycles. The van der Waals surface area contributed by atoms with E-state index in [0.717, 1.165) is 24.1 Å². The van der Waals surface area contributed by atoms with Gasteiger partial charge in [0.25, 0.3) is 0 Å². The van der Waals surface area contributed by atoms with Gasteiger partial charge < -0.3 is 5.32 Å². The molecule has 0 heterocycles. The first-order chi connectivity index (χ1) is 11.6. The van der Waals surface area contributed by atoms with Gasteiger partial charge in [0, 0.05) is 10.7 Å². The Labute approximate surface area is 152 Å². The lowest BCUT2D eigenvalue weighted by Gasteiger charge is -2.18. The lowest BCUT2D eigenvalue weighted by molar-refractivity contribution is -0.123. The van der Waals surface area contributed by atoms with Crippen LogP contribution in [-0.2, 0) is 4.79 Å². The minimum Gasteiger partial charge on any atom is -0.331 e. The number of amides is 1. The molecule has 2 rings (SSSR count). The van der Waals surface area contributed by atoms with Crippen LogP contribution in [0.25, 0.3) is 0 Å². The van der Waals surface area contributed by atoms with Gasteiger partial charge in [-0.05, 0) is 48.5 Å². The number of carbonyl (C=O) groups is 1. The highest BCUT2D eigenvalue weighted by molar-refractivity contribution is 7.80. The lowest BCUT2D eigenvalue weighted by atomic mass is 9.94. The third kappa shape index (κ3) is 5.51. The first-order valence-electron chi connectivity index (χ1n) is 7.77. The van der Waals surface area contributed by atoms with Gasteiger partial charge in [0.15, 0.2) is 5.11 Å². The van der Waals surface area contributed by atoms with Crippen LogP contribution in [0, 0.1) is 0 Å². The molecular weight excluding hydrogens is 342 g/mol. The molecule has 4 nitrogen and oxygen atoms in total. The Morgan fingerprint density at radius 1 is 1.08 bits per heavy atom. The summed E-state index contributed by atoms with van der Waals surface area (Å²) in [5.41, 5.74) is 7.21. The zero-order chi connectivity index (χ0) is 17.4. The van der Waals surface area contributed by atoms with Gasteiger partial charge in [-0.1, -0.05) is 55.3 Å². The van der Waals surface area contributed by atoms with Gasteiger partial charge in [0.1, 0.15) is 0 Å². The molecule has 1 amide bonds. The number of hydrogen-bond acceptors (Lipinski definition) is 2. The van der Waals surface area contributed by atoms with Crippen molar-refractivity contribution in [1.82, 2.24) is 10.9 Å². The Morgan fingerprint density at radius 3 is 2.38 bits per heavy atom. The highest BCUT2D eigenvalue weighted by Crippen LogP contribution is 2.21. The summed E-state index contributed by atoms with van der Waals surface area (Å²) in [6.07, 6.45) is 1.69. The number of halogens is 1. The molecule has 0 saturated carbocycles. The predicted octanol–water partition coefficient (Wildman–Crippen LogP) is 4.24. The molecule has 24 heavy (non-hydrogen) atoms. The van der Waals surface area contributed by atoms with Crippen LogP contribution in [-0.4, -0.2) is 11.0 Å². The summed E-state index contributed by atoms with van der Waals surface area (Å²) in [7, 11) is 0. The van der Waals surface area contributed by atoms with Crippen LogP contribution < -0.4 is 16.2 Å². The van der Waals surface area contributed by atoms with E-state index in [9.17, 15) is 4.79 Å². The van der Waals surface area contributed by atoms with Gasteiger partial charge in [-0.25, -0.2) is 0 Å². The van der Waals surface area contributed by atoms with Gasteiger partial charge in [-0.3, -0.25) is 15.6 Å². The maximum absolute atomic E-state index is 12.5. The monoisotopic (exact) mass is 361 g/mol. The molecule has 3 N–H and O–H groups in total. The molecule has 0 aliphatic heterocycles. The molecule has 0 fully saturated rings. The fourth-order valence-electron chi connectivity index (χ4n) is 2.32. The second-order valence-electron chi connectivity index (χ2n) is 5.33. The summed E-state index contributed by atoms with van der Waals surface area (Å²) in [6.45, 7) is 2.06. The van der Waals surface area contributed by atoms with Crippen LogP contribution in [0.1, 0.15) is 31.2 Å². The van der Waals surface area contributed by atoms with Gasteiger partial charge in [0.05, 0.1) is 5.92 Å². The Bertz CT molecular complexity index is 676. The van der Waals surface area contributed by atoms with Crippen LogP contribution in [0.15, 0.2) is 54.6 Å². The van der Waals surface area contributed by atoms with E-state index in [2.05, 4.69) is 23.1 Å². The highest BCUT2D eigenvalue weighted by Gasteiger charge is 2.19. The number of nitrogens with one attached hydrogen (secondary N) is 3. The smallest absolute Gasteiger partial charge is 0.245 e. The number of thiocarbonyl (C=S) groups is 1. The summed E-state index contributed by atoms with van der Waals surface area (Å²) in [4.78, 5) is 12.5. The topological polar surface area (TPSA) is 53.2 Å². The van der Waals surface area contributed by atoms with E-state index < -0.39 is 0 Å². The number of anilines is 1. The summed E-state index contributed by atoms with van der Waals surface area (Å²) >= 11 is 11.0. The van der Waals surface area contributed by atoms with Gasteiger partial charge in [0.2, 0.25) is 5.91 Å². The fourth-order valence-corrected chi connectivity index (χ4v) is 2.62. The average molecular weight is 362 g/mol. The number of hydrazine groups is 1. The maximum Gasteiger partial charge on any atom is 0.245 e. The van der Waals surface area contributed by atoms with Crippen molar-refractivity contribution in [3.05, 3.63) is 65.2 Å². The van der Waals surface area contributed by atoms with Crippen LogP contribution in [0.5, 0.6) is 0 Å². The molecule has 2 aromatic carbocycles. The van der Waals surface area contributed by atoms with Gasteiger partial charge in [-0.2, -0.15) is 0 Å². The van der Waals surface area contributed by atoms with Crippen molar-refractivity contribution in [3.8, 4) is 0 Å². The van der Waals surface area contributed by atoms with Crippen LogP contribution >= 0.6 is 23.8 Å². The highest BCUT2D eigenvalue weighted by atomic mass is 35.5. The molecule has 0 aliphatic rings. The van der Waals surface area contributed by atoms with Crippen LogP contribution in [0.3, 0.4) is 0 Å². The van der Waals surface area contributed by atoms with E-state index in [1.807, 2.05) is 42.5 Å². The molecule has 6 heteroatoms. The largest absolute Gasteiger partial charge is 0.331 e. The number of rotatable bonds is 5. The summed E-state index contributed by atoms with van der Waals surface area (Å²) in [5.74, 6) is -0.315. The van der Waals surface area contributed by atoms with Crippen molar-refractivity contribution in [2.24, 2.45) is 0 Å². The Balaban J connectivity index is 1.90. The molecule has 0 spiro atoms. The van der Waals surface area contributed by atoms with Crippen molar-refractivity contribution in [3.63, 3.8) is 0 Å². The van der Waals surface area contributed by atoms with E-state index in [-0.39, 0.29) is 11.8 Å². The van der Waals surface area contributed by atoms with Gasteiger partial charge >= 0.3 is 0 Å². The van der Waals surface area contributed by atoms with Crippen molar-refractivity contribution < 1.29 is 4.79 Å². The van der Waals surface area contributed by atoms with E-state index in [1.54, 1.807) is 12.1 Å². The zero-order valence-electron chi connectivity index (χ0n) is 13.4. The van der Waals surface area contributed by atoms with Crippen molar-refractivity contribution in [2.45, 2.75) is 25.7 Å². The van der Waals surface area contributed by atoms with E-state index >= 15 is 0 Å². The maximum atomic E-state index is 12.5. The predicted molar refractivity (Wildman–Crippen MR) is 103 cm³/mol. The third-order valence-electron chi connectivity index (χ3n) is 3.50. The molecule has 0 bridgehead atoms. The van der Waals surface area contributed by atoms with Crippen molar-refractivity contribution in [2.75, 3.05) is 5.32 Å². The van der Waals surface area contributed by atoms with Crippen LogP contribution in [0.4, 0.5) is 5.69 Å². The molecule has 2 aromatic rings. The Kier molecular flexibility index (Phi) is 7.03. The first kappa shape index (κ1) is 18.2. The SMILES string of the molecule is CCC[C@@H](C(=O)NNC(=S)Nc1ccc(Cl)cc1)c1ccccc1. The van der Waals surface area contributed by atoms with Crippen molar-refractivity contribution >= 4 is 40.5 Å². The molecule has 0 radical (unpaired) electrons. The van der Waals surface area contributed by atoms with E-state index in [1.165, 1.54) is 0 Å². The Morgan fingerprint density at radius 2 is 1.75 bits per heavy atom. The van der Waals surface area contributed by atoms with E-state index in [4.69, 9.17) is 23.8 Å². The molecule has 1 atom stereocenters. The summed E-state index contributed by atoms with van der Waals surface area (Å²) in [6, 6.07) is 16.9. The minimum atomic E-state index is -0.206. The summed E-state index contributed by atoms with van der Waals surface area (Å²) < 4.78 is 0. The number of carbonyl (C=O) groups excluding carboxylic acids is 1. The number of hydrogen-bond donors (Lipinski definition) is 3. The minimum absolute atomic E-state index is 0.108. The number of benzene rings is 2. The molecule has 0 saturated heterocycles. The molecular formula is C18H20ClN3OS. The third-order valence-corrected chi connectivity index (χ3v) is 3.95. The normalized spacial score (nSPS) is 11.4. The standard InChI is InChI=1S/C18H20ClN3OS/c1-2-6-16(13-7-4-3-5-8-13)17(23)21-22-18(24)20-15-11-9-14(19)10-12-15/h3-5,7-12,16H,2,6H2,1H3,(H,21,23)(H2,20,22,24)/t16-/m1/s1. The van der Waals surface area contributed by atoms with Crippen molar-refractivity contribution in [1.29, 1.82) is 0 Å². The van der Waals surface area contributed by atoms with Crippen LogP contribution in [0.2, 0.25) is 5.02 Å². The molecule has 0 unspecified atom stereocenters. The molecule has 126 valence electrons. The average Bonchev–Trinajstić information content (AvgIpc) is 2.60.